The molecule has 2 saturated heterocycles. The lowest BCUT2D eigenvalue weighted by molar-refractivity contribution is -0.128. The number of hydrogen-bond acceptors (Lipinski definition) is 8. The van der Waals surface area contributed by atoms with Gasteiger partial charge in [-0.05, 0) is 55.8 Å². The number of nitrogens with zero attached hydrogens (tertiary/aromatic N) is 7. The number of amides is 1. The van der Waals surface area contributed by atoms with E-state index in [4.69, 9.17) is 14.7 Å². The number of rotatable bonds is 8. The molecule has 3 aromatic rings. The van der Waals surface area contributed by atoms with Crippen molar-refractivity contribution in [1.29, 1.82) is 5.26 Å². The number of alkyl halides is 1. The highest BCUT2D eigenvalue weighted by atomic mass is 19.1. The highest BCUT2D eigenvalue weighted by molar-refractivity contribution is 5.97. The van der Waals surface area contributed by atoms with Crippen LogP contribution < -0.4 is 14.5 Å². The lowest BCUT2D eigenvalue weighted by Crippen LogP contribution is -2.55. The minimum Gasteiger partial charge on any atom is -0.462 e. The summed E-state index contributed by atoms with van der Waals surface area (Å²) in [7, 11) is 2.14. The molecule has 0 bridgehead atoms. The van der Waals surface area contributed by atoms with Crippen LogP contribution in [-0.2, 0) is 17.8 Å². The van der Waals surface area contributed by atoms with Crippen molar-refractivity contribution in [2.24, 2.45) is 5.92 Å². The zero-order valence-corrected chi connectivity index (χ0v) is 26.5. The predicted octanol–water partition coefficient (Wildman–Crippen LogP) is 4.68. The third kappa shape index (κ3) is 6.45. The topological polar surface area (TPSA) is 88.8 Å². The fraction of sp³-hybridized carbons (Fsp3) is 0.486. The summed E-state index contributed by atoms with van der Waals surface area (Å²) in [6.07, 6.45) is 4.50. The molecule has 0 aliphatic carbocycles. The number of carbonyl (C=O) groups is 1. The zero-order valence-electron chi connectivity index (χ0n) is 26.5. The van der Waals surface area contributed by atoms with Gasteiger partial charge in [-0.1, -0.05) is 37.3 Å². The quantitative estimate of drug-likeness (QED) is 0.340. The van der Waals surface area contributed by atoms with Gasteiger partial charge in [0.25, 0.3) is 0 Å². The van der Waals surface area contributed by atoms with Crippen LogP contribution in [0.2, 0.25) is 0 Å². The van der Waals surface area contributed by atoms with Gasteiger partial charge in [-0.3, -0.25) is 9.69 Å². The van der Waals surface area contributed by atoms with E-state index in [1.165, 1.54) is 34.2 Å². The summed E-state index contributed by atoms with van der Waals surface area (Å²) >= 11 is 0. The van der Waals surface area contributed by atoms with Gasteiger partial charge in [-0.15, -0.1) is 0 Å². The Balaban J connectivity index is 1.32. The molecule has 1 aromatic heterocycles. The zero-order chi connectivity index (χ0) is 31.5. The molecule has 0 spiro atoms. The Labute approximate surface area is 264 Å². The van der Waals surface area contributed by atoms with Crippen LogP contribution in [0.25, 0.3) is 10.8 Å². The molecule has 0 N–H and O–H groups in total. The van der Waals surface area contributed by atoms with E-state index in [1.807, 2.05) is 0 Å². The number of ether oxygens (including phenoxy) is 1. The van der Waals surface area contributed by atoms with Gasteiger partial charge in [0.2, 0.25) is 5.91 Å². The number of nitriles is 1. The molecule has 3 aliphatic rings. The van der Waals surface area contributed by atoms with Crippen LogP contribution in [0.15, 0.2) is 48.6 Å². The molecule has 45 heavy (non-hydrogen) atoms. The molecule has 2 fully saturated rings. The maximum absolute atomic E-state index is 12.8. The summed E-state index contributed by atoms with van der Waals surface area (Å²) in [5.41, 5.74) is 4.48. The van der Waals surface area contributed by atoms with Gasteiger partial charge in [-0.25, -0.2) is 4.39 Å². The maximum Gasteiger partial charge on any atom is 0.318 e. The van der Waals surface area contributed by atoms with Crippen molar-refractivity contribution in [2.75, 3.05) is 62.9 Å². The van der Waals surface area contributed by atoms with Gasteiger partial charge < -0.3 is 19.4 Å². The molecule has 0 unspecified atom stereocenters. The van der Waals surface area contributed by atoms with Crippen molar-refractivity contribution in [3.63, 3.8) is 0 Å². The van der Waals surface area contributed by atoms with E-state index in [1.54, 1.807) is 4.90 Å². The number of allylic oxidation sites excluding steroid dienone is 1. The fourth-order valence-electron chi connectivity index (χ4n) is 7.27. The maximum atomic E-state index is 12.8. The number of anilines is 2. The number of fused-ring (bicyclic) bond motifs is 2. The SMILES string of the molecule is Cc1cccc2cccc(N3CCc4c(nc(OC[C@@H]5C[C@@H](C)CN5C)nc4N4CCN(C(=O)/C=C/CF)[C@@H](CC#N)C4)C3)c12. The van der Waals surface area contributed by atoms with E-state index >= 15 is 0 Å². The van der Waals surface area contributed by atoms with Crippen LogP contribution in [-0.4, -0.2) is 90.8 Å². The number of halogens is 1. The Morgan fingerprint density at radius 3 is 2.69 bits per heavy atom. The normalized spacial score (nSPS) is 22.2. The highest BCUT2D eigenvalue weighted by Crippen LogP contribution is 2.36. The molecular formula is C35H42FN7O2. The molecule has 236 valence electrons. The molecule has 6 rings (SSSR count). The average Bonchev–Trinajstić information content (AvgIpc) is 3.38. The second kappa shape index (κ2) is 13.4. The van der Waals surface area contributed by atoms with Crippen molar-refractivity contribution < 1.29 is 13.9 Å². The first-order valence-corrected chi connectivity index (χ1v) is 16.0. The monoisotopic (exact) mass is 611 g/mol. The molecule has 9 nitrogen and oxygen atoms in total. The molecule has 1 amide bonds. The lowest BCUT2D eigenvalue weighted by Gasteiger charge is -2.42. The summed E-state index contributed by atoms with van der Waals surface area (Å²) in [5, 5.41) is 12.1. The van der Waals surface area contributed by atoms with Gasteiger partial charge in [-0.2, -0.15) is 15.2 Å². The van der Waals surface area contributed by atoms with Crippen molar-refractivity contribution in [3.8, 4) is 12.1 Å². The van der Waals surface area contributed by atoms with Gasteiger partial charge >= 0.3 is 6.01 Å². The van der Waals surface area contributed by atoms with Crippen LogP contribution in [0.1, 0.15) is 36.6 Å². The summed E-state index contributed by atoms with van der Waals surface area (Å²) in [6.45, 7) is 8.17. The summed E-state index contributed by atoms with van der Waals surface area (Å²) in [4.78, 5) is 31.4. The van der Waals surface area contributed by atoms with Gasteiger partial charge in [0, 0.05) is 61.5 Å². The molecule has 2 aromatic carbocycles. The minimum atomic E-state index is -0.699. The van der Waals surface area contributed by atoms with Crippen LogP contribution >= 0.6 is 0 Å². The van der Waals surface area contributed by atoms with E-state index in [0.29, 0.717) is 50.8 Å². The number of piperazine rings is 1. The van der Waals surface area contributed by atoms with E-state index in [0.717, 1.165) is 43.0 Å². The third-order valence-electron chi connectivity index (χ3n) is 9.50. The molecule has 0 saturated carbocycles. The Morgan fingerprint density at radius 1 is 1.11 bits per heavy atom. The van der Waals surface area contributed by atoms with Gasteiger partial charge in [0.15, 0.2) is 0 Å². The Bertz CT molecular complexity index is 1620. The lowest BCUT2D eigenvalue weighted by atomic mass is 9.99. The largest absolute Gasteiger partial charge is 0.462 e. The van der Waals surface area contributed by atoms with Crippen LogP contribution in [0.4, 0.5) is 15.9 Å². The Hall–Kier alpha value is -4.23. The van der Waals surface area contributed by atoms with Crippen molar-refractivity contribution in [3.05, 3.63) is 65.4 Å². The second-order valence-electron chi connectivity index (χ2n) is 12.7. The van der Waals surface area contributed by atoms with Gasteiger partial charge in [0.05, 0.1) is 30.8 Å². The molecule has 10 heteroatoms. The summed E-state index contributed by atoms with van der Waals surface area (Å²) in [5.74, 6) is 1.18. The number of aryl methyl sites for hydroxylation is 1. The molecular weight excluding hydrogens is 569 g/mol. The van der Waals surface area contributed by atoms with Crippen molar-refractivity contribution in [2.45, 2.75) is 51.7 Å². The van der Waals surface area contributed by atoms with Crippen molar-refractivity contribution >= 4 is 28.2 Å². The van der Waals surface area contributed by atoms with Gasteiger partial charge in [0.1, 0.15) is 19.1 Å². The Kier molecular flexibility index (Phi) is 9.17. The molecule has 3 aliphatic heterocycles. The number of benzene rings is 2. The minimum absolute atomic E-state index is 0.183. The van der Waals surface area contributed by atoms with Crippen molar-refractivity contribution in [1.82, 2.24) is 19.8 Å². The Morgan fingerprint density at radius 2 is 1.93 bits per heavy atom. The van der Waals surface area contributed by atoms with Crippen LogP contribution in [0.3, 0.4) is 0 Å². The second-order valence-corrected chi connectivity index (χ2v) is 12.7. The van der Waals surface area contributed by atoms with Crippen LogP contribution in [0.5, 0.6) is 6.01 Å². The number of aromatic nitrogens is 2. The number of likely N-dealkylation sites (N-methyl/N-ethyl adjacent to an activating group) is 1. The first-order chi connectivity index (χ1) is 21.9. The predicted molar refractivity (Wildman–Crippen MR) is 174 cm³/mol. The number of hydrogen-bond donors (Lipinski definition) is 0. The van der Waals surface area contributed by atoms with E-state index in [9.17, 15) is 14.4 Å². The van der Waals surface area contributed by atoms with Crippen LogP contribution in [0, 0.1) is 24.2 Å². The highest BCUT2D eigenvalue weighted by Gasteiger charge is 2.34. The smallest absolute Gasteiger partial charge is 0.318 e. The van der Waals surface area contributed by atoms with E-state index in [-0.39, 0.29) is 18.4 Å². The first-order valence-electron chi connectivity index (χ1n) is 16.0. The average molecular weight is 612 g/mol. The molecule has 0 radical (unpaired) electrons. The van der Waals surface area contributed by atoms with E-state index in [2.05, 4.69) is 78.1 Å². The number of carbonyl (C=O) groups excluding carboxylic acids is 1. The third-order valence-corrected chi connectivity index (χ3v) is 9.50. The van der Waals surface area contributed by atoms with E-state index < -0.39 is 6.67 Å². The summed E-state index contributed by atoms with van der Waals surface area (Å²) < 4.78 is 19.1. The first kappa shape index (κ1) is 30.8. The fourth-order valence-corrected chi connectivity index (χ4v) is 7.27. The number of likely N-dealkylation sites (tertiary alicyclic amines) is 1. The summed E-state index contributed by atoms with van der Waals surface area (Å²) in [6, 6.07) is 15.5. The molecule has 4 heterocycles. The molecule has 3 atom stereocenters. The standard InChI is InChI=1S/C35H42FN7O2/c1-24-19-28(40(3)20-24)23-45-35-38-30-22-41(31-10-5-9-26-8-4-7-25(2)33(26)31)16-13-29(30)34(39-35)42-17-18-43(27(21-42)12-15-37)32(44)11-6-14-36/h4-11,24,27-28H,12-14,16-23H2,1-3H3/b11-6+/t24-,27+,28+/m1/s1.